The molecule has 4 heteroatoms. The molecule has 0 aliphatic heterocycles. The minimum absolute atomic E-state index is 0.0297. The zero-order chi connectivity index (χ0) is 14.7. The molecule has 0 bridgehead atoms. The Labute approximate surface area is 124 Å². The first kappa shape index (κ1) is 13.9. The van der Waals surface area contributed by atoms with E-state index in [1.807, 2.05) is 49.4 Å². The topological polar surface area (TPSA) is 54.3 Å². The maximum atomic E-state index is 12.5. The Kier molecular flexibility index (Phi) is 4.06. The Morgan fingerprint density at radius 2 is 1.95 bits per heavy atom. The van der Waals surface area contributed by atoms with E-state index in [1.165, 1.54) is 0 Å². The maximum absolute atomic E-state index is 12.5. The van der Waals surface area contributed by atoms with E-state index >= 15 is 0 Å². The van der Waals surface area contributed by atoms with Crippen molar-refractivity contribution in [3.8, 4) is 0 Å². The Morgan fingerprint density at radius 1 is 1.19 bits per heavy atom. The van der Waals surface area contributed by atoms with Gasteiger partial charge in [-0.3, -0.25) is 10.1 Å². The quantitative estimate of drug-likeness (QED) is 0.857. The molecule has 1 saturated carbocycles. The lowest BCUT2D eigenvalue weighted by Crippen LogP contribution is -2.39. The first-order valence-electron chi connectivity index (χ1n) is 7.39. The fraction of sp³-hybridized carbons (Fsp3) is 0.353. The molecule has 1 aromatic heterocycles. The van der Waals surface area contributed by atoms with E-state index in [-0.39, 0.29) is 18.0 Å². The summed E-state index contributed by atoms with van der Waals surface area (Å²) in [6.07, 6.45) is 3.82. The Bertz CT molecular complexity index is 576. The lowest BCUT2D eigenvalue weighted by molar-refractivity contribution is -0.123. The highest BCUT2D eigenvalue weighted by atomic mass is 16.3. The first-order valence-corrected chi connectivity index (χ1v) is 7.39. The summed E-state index contributed by atoms with van der Waals surface area (Å²) in [5, 5.41) is 6.43. The van der Waals surface area contributed by atoms with Crippen LogP contribution >= 0.6 is 0 Å². The highest BCUT2D eigenvalue weighted by Crippen LogP contribution is 2.23. The van der Waals surface area contributed by atoms with Gasteiger partial charge in [0.05, 0.1) is 12.3 Å². The number of furan rings is 1. The van der Waals surface area contributed by atoms with E-state index in [0.717, 1.165) is 24.2 Å². The Balaban J connectivity index is 1.76. The minimum Gasteiger partial charge on any atom is -0.468 e. The van der Waals surface area contributed by atoms with Crippen LogP contribution in [0.5, 0.6) is 0 Å². The lowest BCUT2D eigenvalue weighted by Gasteiger charge is -2.22. The average molecular weight is 284 g/mol. The average Bonchev–Trinajstić information content (AvgIpc) is 3.15. The van der Waals surface area contributed by atoms with Crippen LogP contribution in [-0.4, -0.2) is 11.9 Å². The van der Waals surface area contributed by atoms with E-state index in [0.29, 0.717) is 6.04 Å². The van der Waals surface area contributed by atoms with Crippen LogP contribution in [0, 0.1) is 0 Å². The van der Waals surface area contributed by atoms with Gasteiger partial charge in [0.1, 0.15) is 11.8 Å². The third kappa shape index (κ3) is 3.52. The van der Waals surface area contributed by atoms with Crippen molar-refractivity contribution in [3.05, 3.63) is 60.1 Å². The molecule has 1 aliphatic carbocycles. The smallest absolute Gasteiger partial charge is 0.241 e. The normalized spacial score (nSPS) is 17.2. The summed E-state index contributed by atoms with van der Waals surface area (Å²) in [6, 6.07) is 13.5. The molecule has 21 heavy (non-hydrogen) atoms. The summed E-state index contributed by atoms with van der Waals surface area (Å²) < 4.78 is 5.41. The van der Waals surface area contributed by atoms with Crippen molar-refractivity contribution in [1.82, 2.24) is 10.6 Å². The summed E-state index contributed by atoms with van der Waals surface area (Å²) in [5.74, 6) is 0.859. The van der Waals surface area contributed by atoms with Crippen molar-refractivity contribution >= 4 is 5.91 Å². The van der Waals surface area contributed by atoms with Crippen LogP contribution in [-0.2, 0) is 4.79 Å². The number of rotatable bonds is 6. The predicted molar refractivity (Wildman–Crippen MR) is 80.6 cm³/mol. The molecule has 2 atom stereocenters. The molecular weight excluding hydrogens is 264 g/mol. The molecule has 1 amide bonds. The van der Waals surface area contributed by atoms with Crippen molar-refractivity contribution in [1.29, 1.82) is 0 Å². The number of amides is 1. The van der Waals surface area contributed by atoms with Crippen molar-refractivity contribution in [2.24, 2.45) is 0 Å². The third-order valence-corrected chi connectivity index (χ3v) is 3.71. The maximum Gasteiger partial charge on any atom is 0.241 e. The minimum atomic E-state index is -0.369. The van der Waals surface area contributed by atoms with Gasteiger partial charge in [0.2, 0.25) is 5.91 Å². The van der Waals surface area contributed by atoms with Gasteiger partial charge in [-0.05, 0) is 37.5 Å². The molecule has 1 aromatic carbocycles. The van der Waals surface area contributed by atoms with E-state index in [1.54, 1.807) is 6.26 Å². The molecule has 1 aliphatic rings. The summed E-state index contributed by atoms with van der Waals surface area (Å²) in [5.41, 5.74) is 0.967. The van der Waals surface area contributed by atoms with Crippen LogP contribution in [0.4, 0.5) is 0 Å². The third-order valence-electron chi connectivity index (χ3n) is 3.71. The zero-order valence-corrected chi connectivity index (χ0v) is 12.1. The molecule has 2 aromatic rings. The van der Waals surface area contributed by atoms with Gasteiger partial charge in [-0.1, -0.05) is 30.3 Å². The fourth-order valence-corrected chi connectivity index (χ4v) is 2.35. The number of carbonyl (C=O) groups is 1. The van der Waals surface area contributed by atoms with Gasteiger partial charge in [0.15, 0.2) is 0 Å². The molecule has 1 heterocycles. The van der Waals surface area contributed by atoms with Crippen molar-refractivity contribution in [2.45, 2.75) is 37.9 Å². The van der Waals surface area contributed by atoms with Crippen molar-refractivity contribution < 1.29 is 9.21 Å². The molecule has 0 unspecified atom stereocenters. The zero-order valence-electron chi connectivity index (χ0n) is 12.1. The molecule has 4 nitrogen and oxygen atoms in total. The predicted octanol–water partition coefficient (Wildman–Crippen LogP) is 2.95. The van der Waals surface area contributed by atoms with Crippen LogP contribution in [0.25, 0.3) is 0 Å². The van der Waals surface area contributed by atoms with Gasteiger partial charge < -0.3 is 9.73 Å². The molecule has 1 fully saturated rings. The molecular formula is C17H20N2O2. The summed E-state index contributed by atoms with van der Waals surface area (Å²) in [4.78, 5) is 12.5. The van der Waals surface area contributed by atoms with Crippen molar-refractivity contribution in [3.63, 3.8) is 0 Å². The molecule has 0 radical (unpaired) electrons. The van der Waals surface area contributed by atoms with E-state index in [9.17, 15) is 4.79 Å². The Morgan fingerprint density at radius 3 is 2.57 bits per heavy atom. The fourth-order valence-electron chi connectivity index (χ4n) is 2.35. The largest absolute Gasteiger partial charge is 0.468 e. The SMILES string of the molecule is C[C@@H](N[C@@H](C(=O)NC1CC1)c1ccccc1)c1ccco1. The second-order valence-corrected chi connectivity index (χ2v) is 5.53. The second-order valence-electron chi connectivity index (χ2n) is 5.53. The number of benzene rings is 1. The number of hydrogen-bond donors (Lipinski definition) is 2. The van der Waals surface area contributed by atoms with Crippen LogP contribution in [0.15, 0.2) is 53.1 Å². The Hall–Kier alpha value is -2.07. The van der Waals surface area contributed by atoms with Crippen LogP contribution in [0.2, 0.25) is 0 Å². The van der Waals surface area contributed by atoms with Gasteiger partial charge in [0, 0.05) is 6.04 Å². The second kappa shape index (κ2) is 6.14. The van der Waals surface area contributed by atoms with Gasteiger partial charge in [-0.15, -0.1) is 0 Å². The van der Waals surface area contributed by atoms with E-state index < -0.39 is 0 Å². The lowest BCUT2D eigenvalue weighted by atomic mass is 10.0. The van der Waals surface area contributed by atoms with Gasteiger partial charge >= 0.3 is 0 Å². The van der Waals surface area contributed by atoms with Crippen LogP contribution in [0.1, 0.15) is 43.2 Å². The molecule has 0 spiro atoms. The first-order chi connectivity index (χ1) is 10.2. The van der Waals surface area contributed by atoms with E-state index in [4.69, 9.17) is 4.42 Å². The van der Waals surface area contributed by atoms with Crippen LogP contribution < -0.4 is 10.6 Å². The standard InChI is InChI=1S/C17H20N2O2/c1-12(15-8-5-11-21-15)18-16(13-6-3-2-4-7-13)17(20)19-14-9-10-14/h2-8,11-12,14,16,18H,9-10H2,1H3,(H,19,20)/t12-,16-/m1/s1. The summed E-state index contributed by atoms with van der Waals surface area (Å²) >= 11 is 0. The van der Waals surface area contributed by atoms with Crippen LogP contribution in [0.3, 0.4) is 0 Å². The molecule has 3 rings (SSSR count). The van der Waals surface area contributed by atoms with Gasteiger partial charge in [-0.2, -0.15) is 0 Å². The van der Waals surface area contributed by atoms with Gasteiger partial charge in [0.25, 0.3) is 0 Å². The van der Waals surface area contributed by atoms with Crippen molar-refractivity contribution in [2.75, 3.05) is 0 Å². The number of carbonyl (C=O) groups excluding carboxylic acids is 1. The highest BCUT2D eigenvalue weighted by molar-refractivity contribution is 5.83. The molecule has 110 valence electrons. The number of nitrogens with one attached hydrogen (secondary N) is 2. The molecule has 0 saturated heterocycles. The monoisotopic (exact) mass is 284 g/mol. The van der Waals surface area contributed by atoms with Gasteiger partial charge in [-0.25, -0.2) is 0 Å². The summed E-state index contributed by atoms with van der Waals surface area (Å²) in [6.45, 7) is 2.00. The van der Waals surface area contributed by atoms with E-state index in [2.05, 4.69) is 10.6 Å². The highest BCUT2D eigenvalue weighted by Gasteiger charge is 2.29. The molecule has 2 N–H and O–H groups in total. The summed E-state index contributed by atoms with van der Waals surface area (Å²) in [7, 11) is 0. The number of hydrogen-bond acceptors (Lipinski definition) is 3.